The lowest BCUT2D eigenvalue weighted by atomic mass is 10.1. The molecule has 0 bridgehead atoms. The minimum Gasteiger partial charge on any atom is -0.468 e. The van der Waals surface area contributed by atoms with E-state index in [1.807, 2.05) is 36.4 Å². The molecular weight excluding hydrogens is 212 g/mol. The molecule has 0 saturated carbocycles. The summed E-state index contributed by atoms with van der Waals surface area (Å²) in [4.78, 5) is 0. The van der Waals surface area contributed by atoms with E-state index >= 15 is 0 Å². The normalized spacial score (nSPS) is 12.0. The average Bonchev–Trinajstić information content (AvgIpc) is 2.89. The molecule has 3 heteroatoms. The van der Waals surface area contributed by atoms with Gasteiger partial charge in [0, 0.05) is 6.04 Å². The zero-order chi connectivity index (χ0) is 12.1. The van der Waals surface area contributed by atoms with Gasteiger partial charge in [0.2, 0.25) is 0 Å². The summed E-state index contributed by atoms with van der Waals surface area (Å²) in [5.41, 5.74) is 1.85. The minimum absolute atomic E-state index is 0.229. The van der Waals surface area contributed by atoms with Gasteiger partial charge < -0.3 is 9.73 Å². The van der Waals surface area contributed by atoms with Crippen molar-refractivity contribution in [3.63, 3.8) is 0 Å². The molecule has 0 aliphatic carbocycles. The number of hydrogen-bond donors (Lipinski definition) is 1. The highest BCUT2D eigenvalue weighted by Gasteiger charge is 2.05. The van der Waals surface area contributed by atoms with E-state index in [2.05, 4.69) is 18.3 Å². The van der Waals surface area contributed by atoms with Crippen molar-refractivity contribution in [2.24, 2.45) is 0 Å². The topological polar surface area (TPSA) is 49.0 Å². The van der Waals surface area contributed by atoms with Gasteiger partial charge >= 0.3 is 0 Å². The van der Waals surface area contributed by atoms with Gasteiger partial charge in [-0.05, 0) is 36.8 Å². The van der Waals surface area contributed by atoms with E-state index in [9.17, 15) is 0 Å². The maximum atomic E-state index is 8.72. The van der Waals surface area contributed by atoms with E-state index in [0.717, 1.165) is 11.3 Å². The number of nitriles is 1. The van der Waals surface area contributed by atoms with Gasteiger partial charge in [-0.25, -0.2) is 0 Å². The number of rotatable bonds is 4. The molecule has 0 radical (unpaired) electrons. The molecule has 0 aliphatic rings. The van der Waals surface area contributed by atoms with Crippen molar-refractivity contribution in [3.8, 4) is 6.07 Å². The lowest BCUT2D eigenvalue weighted by Gasteiger charge is -2.13. The van der Waals surface area contributed by atoms with Crippen molar-refractivity contribution < 1.29 is 4.42 Å². The van der Waals surface area contributed by atoms with Crippen molar-refractivity contribution in [2.45, 2.75) is 19.5 Å². The fraction of sp³-hybridized carbons (Fsp3) is 0.214. The van der Waals surface area contributed by atoms with Gasteiger partial charge in [0.15, 0.2) is 0 Å². The standard InChI is InChI=1S/C14H14N2O/c1-11(16-10-14-3-2-8-17-14)13-6-4-12(9-15)5-7-13/h2-8,11,16H,10H2,1H3. The molecule has 1 N–H and O–H groups in total. The molecule has 2 aromatic rings. The summed E-state index contributed by atoms with van der Waals surface area (Å²) >= 11 is 0. The second kappa shape index (κ2) is 5.33. The van der Waals surface area contributed by atoms with Crippen LogP contribution in [-0.2, 0) is 6.54 Å². The zero-order valence-electron chi connectivity index (χ0n) is 9.68. The van der Waals surface area contributed by atoms with Gasteiger partial charge in [-0.2, -0.15) is 5.26 Å². The summed E-state index contributed by atoms with van der Waals surface area (Å²) in [5, 5.41) is 12.1. The molecule has 1 unspecified atom stereocenters. The lowest BCUT2D eigenvalue weighted by Crippen LogP contribution is -2.17. The van der Waals surface area contributed by atoms with Crippen LogP contribution in [0, 0.1) is 11.3 Å². The first-order valence-corrected chi connectivity index (χ1v) is 5.55. The van der Waals surface area contributed by atoms with Crippen molar-refractivity contribution in [3.05, 3.63) is 59.5 Å². The van der Waals surface area contributed by atoms with E-state index in [1.54, 1.807) is 6.26 Å². The van der Waals surface area contributed by atoms with Crippen LogP contribution >= 0.6 is 0 Å². The van der Waals surface area contributed by atoms with Crippen molar-refractivity contribution in [1.82, 2.24) is 5.32 Å². The average molecular weight is 226 g/mol. The highest BCUT2D eigenvalue weighted by molar-refractivity contribution is 5.32. The highest BCUT2D eigenvalue weighted by atomic mass is 16.3. The monoisotopic (exact) mass is 226 g/mol. The quantitative estimate of drug-likeness (QED) is 0.871. The van der Waals surface area contributed by atoms with E-state index in [0.29, 0.717) is 12.1 Å². The molecular formula is C14H14N2O. The van der Waals surface area contributed by atoms with Crippen molar-refractivity contribution in [2.75, 3.05) is 0 Å². The van der Waals surface area contributed by atoms with Crippen LogP contribution in [0.25, 0.3) is 0 Å². The lowest BCUT2D eigenvalue weighted by molar-refractivity contribution is 0.460. The fourth-order valence-electron chi connectivity index (χ4n) is 1.63. The Bertz CT molecular complexity index is 494. The molecule has 1 atom stereocenters. The van der Waals surface area contributed by atoms with Gasteiger partial charge in [0.05, 0.1) is 24.4 Å². The van der Waals surface area contributed by atoms with Gasteiger partial charge in [-0.3, -0.25) is 0 Å². The Labute approximate surface area is 101 Å². The summed E-state index contributed by atoms with van der Waals surface area (Å²) in [7, 11) is 0. The molecule has 1 heterocycles. The second-order valence-electron chi connectivity index (χ2n) is 3.92. The summed E-state index contributed by atoms with van der Waals surface area (Å²) in [6.45, 7) is 2.79. The number of benzene rings is 1. The number of furan rings is 1. The van der Waals surface area contributed by atoms with E-state index in [1.165, 1.54) is 0 Å². The number of nitrogens with one attached hydrogen (secondary N) is 1. The Balaban J connectivity index is 1.95. The van der Waals surface area contributed by atoms with Crippen LogP contribution in [0.4, 0.5) is 0 Å². The summed E-state index contributed by atoms with van der Waals surface area (Å²) in [6.07, 6.45) is 1.67. The van der Waals surface area contributed by atoms with Crippen molar-refractivity contribution >= 4 is 0 Å². The highest BCUT2D eigenvalue weighted by Crippen LogP contribution is 2.14. The number of hydrogen-bond acceptors (Lipinski definition) is 3. The smallest absolute Gasteiger partial charge is 0.117 e. The molecule has 86 valence electrons. The molecule has 2 rings (SSSR count). The summed E-state index contributed by atoms with van der Waals surface area (Å²) < 4.78 is 5.25. The Morgan fingerprint density at radius 3 is 2.65 bits per heavy atom. The third-order valence-corrected chi connectivity index (χ3v) is 2.70. The molecule has 3 nitrogen and oxygen atoms in total. The van der Waals surface area contributed by atoms with Gasteiger partial charge in [-0.1, -0.05) is 12.1 Å². The predicted molar refractivity (Wildman–Crippen MR) is 65.1 cm³/mol. The first kappa shape index (κ1) is 11.4. The van der Waals surface area contributed by atoms with Crippen LogP contribution in [0.15, 0.2) is 47.1 Å². The molecule has 0 aliphatic heterocycles. The van der Waals surface area contributed by atoms with Crippen LogP contribution in [0.2, 0.25) is 0 Å². The molecule has 1 aromatic heterocycles. The summed E-state index contributed by atoms with van der Waals surface area (Å²) in [5.74, 6) is 0.922. The van der Waals surface area contributed by atoms with E-state index < -0.39 is 0 Å². The first-order chi connectivity index (χ1) is 8.29. The van der Waals surface area contributed by atoms with Crippen molar-refractivity contribution in [1.29, 1.82) is 5.26 Å². The maximum Gasteiger partial charge on any atom is 0.117 e. The van der Waals surface area contributed by atoms with Crippen LogP contribution in [0.3, 0.4) is 0 Å². The minimum atomic E-state index is 0.229. The van der Waals surface area contributed by atoms with E-state index in [4.69, 9.17) is 9.68 Å². The molecule has 17 heavy (non-hydrogen) atoms. The SMILES string of the molecule is CC(NCc1ccco1)c1ccc(C#N)cc1. The number of nitrogens with zero attached hydrogens (tertiary/aromatic N) is 1. The van der Waals surface area contributed by atoms with E-state index in [-0.39, 0.29) is 6.04 Å². The molecule has 1 aromatic carbocycles. The van der Waals surface area contributed by atoms with Gasteiger partial charge in [-0.15, -0.1) is 0 Å². The summed E-state index contributed by atoms with van der Waals surface area (Å²) in [6, 6.07) is 13.8. The maximum absolute atomic E-state index is 8.72. The Kier molecular flexibility index (Phi) is 3.59. The molecule has 0 spiro atoms. The second-order valence-corrected chi connectivity index (χ2v) is 3.92. The third kappa shape index (κ3) is 2.96. The van der Waals surface area contributed by atoms with Crippen LogP contribution in [0.1, 0.15) is 29.9 Å². The van der Waals surface area contributed by atoms with Crippen LogP contribution in [0.5, 0.6) is 0 Å². The first-order valence-electron chi connectivity index (χ1n) is 5.55. The molecule has 0 fully saturated rings. The fourth-order valence-corrected chi connectivity index (χ4v) is 1.63. The van der Waals surface area contributed by atoms with Gasteiger partial charge in [0.25, 0.3) is 0 Å². The predicted octanol–water partition coefficient (Wildman–Crippen LogP) is 3.00. The largest absolute Gasteiger partial charge is 0.468 e. The molecule has 0 saturated heterocycles. The Hall–Kier alpha value is -2.05. The van der Waals surface area contributed by atoms with Crippen LogP contribution < -0.4 is 5.32 Å². The third-order valence-electron chi connectivity index (χ3n) is 2.70. The zero-order valence-corrected chi connectivity index (χ0v) is 9.68. The Morgan fingerprint density at radius 1 is 1.29 bits per heavy atom. The Morgan fingerprint density at radius 2 is 2.06 bits per heavy atom. The van der Waals surface area contributed by atoms with Crippen LogP contribution in [-0.4, -0.2) is 0 Å². The molecule has 0 amide bonds. The van der Waals surface area contributed by atoms with Gasteiger partial charge in [0.1, 0.15) is 5.76 Å².